The Balaban J connectivity index is 1.42. The number of hydrogen-bond donors (Lipinski definition) is 1. The Kier molecular flexibility index (Phi) is 4.46. The molecule has 0 saturated heterocycles. The average molecular weight is 502 g/mol. The highest BCUT2D eigenvalue weighted by Crippen LogP contribution is 2.64. The van der Waals surface area contributed by atoms with E-state index < -0.39 is 22.8 Å². The molecule has 4 aromatic carbocycles. The zero-order valence-corrected chi connectivity index (χ0v) is 20.5. The lowest BCUT2D eigenvalue weighted by molar-refractivity contribution is -0.573. The van der Waals surface area contributed by atoms with Crippen molar-refractivity contribution < 1.29 is 9.72 Å². The van der Waals surface area contributed by atoms with Gasteiger partial charge in [-0.3, -0.25) is 14.9 Å². The molecule has 1 heterocycles. The van der Waals surface area contributed by atoms with Gasteiger partial charge in [-0.2, -0.15) is 9.67 Å². The third-order valence-electron chi connectivity index (χ3n) is 8.35. The quantitative estimate of drug-likeness (QED) is 0.261. The fraction of sp³-hybridized carbons (Fsp3) is 0.167. The fourth-order valence-corrected chi connectivity index (χ4v) is 6.78. The second-order valence-electron chi connectivity index (χ2n) is 10.4. The molecular formula is C30H23N5O3. The van der Waals surface area contributed by atoms with Crippen LogP contribution in [0, 0.1) is 15.5 Å². The van der Waals surface area contributed by atoms with Crippen LogP contribution in [-0.2, 0) is 5.54 Å². The van der Waals surface area contributed by atoms with E-state index in [9.17, 15) is 14.9 Å². The number of anilines is 1. The molecule has 0 saturated carbocycles. The van der Waals surface area contributed by atoms with Crippen molar-refractivity contribution >= 4 is 22.6 Å². The zero-order chi connectivity index (χ0) is 26.2. The van der Waals surface area contributed by atoms with Crippen LogP contribution in [0.25, 0.3) is 22.2 Å². The molecule has 38 heavy (non-hydrogen) atoms. The minimum atomic E-state index is -1.56. The Morgan fingerprint density at radius 2 is 1.55 bits per heavy atom. The largest absolute Gasteiger partial charge is 0.368 e. The first-order valence-electron chi connectivity index (χ1n) is 12.4. The maximum absolute atomic E-state index is 14.4. The Bertz CT molecular complexity index is 1760. The minimum Gasteiger partial charge on any atom is -0.368 e. The van der Waals surface area contributed by atoms with Crippen molar-refractivity contribution in [1.29, 1.82) is 0 Å². The SMILES string of the molecule is CC1(C(=O)n2nc(-c3cccc4ccccc34)nc2N)CC2([N+](=O)[O-])c3ccccc3C1c1ccccc12. The van der Waals surface area contributed by atoms with E-state index in [1.165, 1.54) is 0 Å². The normalized spacial score (nSPS) is 23.1. The lowest BCUT2D eigenvalue weighted by Gasteiger charge is -2.51. The lowest BCUT2D eigenvalue weighted by atomic mass is 9.49. The van der Waals surface area contributed by atoms with Crippen molar-refractivity contribution in [1.82, 2.24) is 14.8 Å². The van der Waals surface area contributed by atoms with Crippen LogP contribution in [0.3, 0.4) is 0 Å². The molecule has 3 aliphatic rings. The van der Waals surface area contributed by atoms with Gasteiger partial charge in [-0.25, -0.2) is 0 Å². The molecular weight excluding hydrogens is 478 g/mol. The van der Waals surface area contributed by atoms with Crippen molar-refractivity contribution in [3.8, 4) is 11.4 Å². The van der Waals surface area contributed by atoms with E-state index in [-0.39, 0.29) is 17.3 Å². The maximum atomic E-state index is 14.4. The summed E-state index contributed by atoms with van der Waals surface area (Å²) in [5.41, 5.74) is 7.18. The number of nitro groups is 1. The molecule has 186 valence electrons. The third-order valence-corrected chi connectivity index (χ3v) is 8.35. The van der Waals surface area contributed by atoms with Crippen LogP contribution < -0.4 is 5.73 Å². The van der Waals surface area contributed by atoms with Crippen molar-refractivity contribution in [2.45, 2.75) is 24.8 Å². The van der Waals surface area contributed by atoms with E-state index in [0.29, 0.717) is 17.0 Å². The molecule has 0 radical (unpaired) electrons. The van der Waals surface area contributed by atoms with Gasteiger partial charge in [-0.1, -0.05) is 91.0 Å². The molecule has 1 aromatic heterocycles. The predicted molar refractivity (Wildman–Crippen MR) is 143 cm³/mol. The van der Waals surface area contributed by atoms with E-state index in [2.05, 4.69) is 10.1 Å². The maximum Gasteiger partial charge on any atom is 0.273 e. The molecule has 8 rings (SSSR count). The third kappa shape index (κ3) is 2.71. The molecule has 5 aromatic rings. The summed E-state index contributed by atoms with van der Waals surface area (Å²) in [7, 11) is 0. The number of carbonyl (C=O) groups is 1. The summed E-state index contributed by atoms with van der Waals surface area (Å²) in [6.45, 7) is 1.79. The monoisotopic (exact) mass is 501 g/mol. The van der Waals surface area contributed by atoms with Crippen LogP contribution in [0.2, 0.25) is 0 Å². The van der Waals surface area contributed by atoms with Crippen molar-refractivity contribution in [3.05, 3.63) is 123 Å². The summed E-state index contributed by atoms with van der Waals surface area (Å²) in [5, 5.41) is 19.5. The Hall–Kier alpha value is -4.85. The fourth-order valence-electron chi connectivity index (χ4n) is 6.78. The van der Waals surface area contributed by atoms with Gasteiger partial charge in [0.1, 0.15) is 0 Å². The van der Waals surface area contributed by atoms with Crippen LogP contribution in [0.4, 0.5) is 5.95 Å². The number of nitrogens with two attached hydrogens (primary N) is 1. The highest BCUT2D eigenvalue weighted by molar-refractivity contribution is 5.96. The Labute approximate surface area is 217 Å². The molecule has 1 atom stereocenters. The lowest BCUT2D eigenvalue weighted by Crippen LogP contribution is -2.57. The molecule has 2 N–H and O–H groups in total. The van der Waals surface area contributed by atoms with Gasteiger partial charge in [-0.05, 0) is 28.8 Å². The van der Waals surface area contributed by atoms with Crippen LogP contribution >= 0.6 is 0 Å². The Morgan fingerprint density at radius 3 is 2.24 bits per heavy atom. The van der Waals surface area contributed by atoms with Gasteiger partial charge in [0.15, 0.2) is 5.82 Å². The summed E-state index contributed by atoms with van der Waals surface area (Å²) in [6.07, 6.45) is -0.00652. The number of nitrogens with zero attached hydrogens (tertiary/aromatic N) is 4. The predicted octanol–water partition coefficient (Wildman–Crippen LogP) is 5.40. The van der Waals surface area contributed by atoms with E-state index in [1.807, 2.05) is 91.0 Å². The van der Waals surface area contributed by atoms with Gasteiger partial charge in [0.25, 0.3) is 11.4 Å². The minimum absolute atomic E-state index is 0.00652. The molecule has 0 amide bonds. The number of nitrogen functional groups attached to an aromatic ring is 1. The standard InChI is InChI=1S/C30H23N5O3/c1-29(27(36)34-28(31)32-26(33-34)20-14-8-10-18-9-2-3-11-19(18)20)17-30(35(37)38)23-15-6-4-12-21(23)25(29)22-13-5-7-16-24(22)30/h2-16,25H,17H2,1H3,(H2,31,32,33). The summed E-state index contributed by atoms with van der Waals surface area (Å²) in [4.78, 5) is 31.5. The summed E-state index contributed by atoms with van der Waals surface area (Å²) < 4.78 is 1.14. The Morgan fingerprint density at radius 1 is 0.947 bits per heavy atom. The number of aromatic nitrogens is 3. The van der Waals surface area contributed by atoms with Gasteiger partial charge in [0, 0.05) is 34.0 Å². The number of rotatable bonds is 3. The van der Waals surface area contributed by atoms with Crippen LogP contribution in [0.1, 0.15) is 46.3 Å². The van der Waals surface area contributed by atoms with Crippen molar-refractivity contribution in [2.75, 3.05) is 5.73 Å². The van der Waals surface area contributed by atoms with E-state index >= 15 is 0 Å². The van der Waals surface area contributed by atoms with Crippen LogP contribution in [0.5, 0.6) is 0 Å². The molecule has 8 nitrogen and oxygen atoms in total. The van der Waals surface area contributed by atoms with Crippen molar-refractivity contribution in [2.24, 2.45) is 5.41 Å². The average Bonchev–Trinajstić information content (AvgIpc) is 3.33. The first kappa shape index (κ1) is 22.4. The number of hydrogen-bond acceptors (Lipinski definition) is 6. The highest BCUT2D eigenvalue weighted by Gasteiger charge is 2.67. The summed E-state index contributed by atoms with van der Waals surface area (Å²) >= 11 is 0. The van der Waals surface area contributed by atoms with Gasteiger partial charge in [-0.15, -0.1) is 5.10 Å². The van der Waals surface area contributed by atoms with E-state index in [0.717, 1.165) is 32.1 Å². The van der Waals surface area contributed by atoms with Crippen LogP contribution in [0.15, 0.2) is 91.0 Å². The van der Waals surface area contributed by atoms with Gasteiger partial charge in [0.05, 0.1) is 5.41 Å². The molecule has 3 aliphatic carbocycles. The second kappa shape index (κ2) is 7.58. The number of fused-ring (bicyclic) bond motifs is 2. The topological polar surface area (TPSA) is 117 Å². The summed E-state index contributed by atoms with van der Waals surface area (Å²) in [5.74, 6) is -0.512. The second-order valence-corrected chi connectivity index (χ2v) is 10.4. The molecule has 0 fully saturated rings. The first-order chi connectivity index (χ1) is 18.4. The van der Waals surface area contributed by atoms with E-state index in [1.54, 1.807) is 6.92 Å². The number of carbonyl (C=O) groups excluding carboxylic acids is 1. The van der Waals surface area contributed by atoms with E-state index in [4.69, 9.17) is 5.73 Å². The van der Waals surface area contributed by atoms with Gasteiger partial charge < -0.3 is 5.73 Å². The molecule has 2 bridgehead atoms. The molecule has 1 unspecified atom stereocenters. The zero-order valence-electron chi connectivity index (χ0n) is 20.5. The highest BCUT2D eigenvalue weighted by atomic mass is 16.6. The summed E-state index contributed by atoms with van der Waals surface area (Å²) in [6, 6.07) is 28.4. The molecule has 8 heteroatoms. The van der Waals surface area contributed by atoms with Crippen LogP contribution in [-0.4, -0.2) is 25.6 Å². The van der Waals surface area contributed by atoms with Gasteiger partial charge in [0.2, 0.25) is 5.95 Å². The first-order valence-corrected chi connectivity index (χ1v) is 12.4. The molecule has 0 aliphatic heterocycles. The molecule has 0 spiro atoms. The number of benzene rings is 4. The smallest absolute Gasteiger partial charge is 0.273 e. The van der Waals surface area contributed by atoms with Gasteiger partial charge >= 0.3 is 0 Å². The van der Waals surface area contributed by atoms with Crippen molar-refractivity contribution in [3.63, 3.8) is 0 Å².